The predicted octanol–water partition coefficient (Wildman–Crippen LogP) is 3.89. The standard InChI is InChI=1S/C12H13F3N4/c13-12(14,15)11-9(18-16)5-6-10(17-11)19-7-1-2-8(19)4-3-7/h5-8,16H,1-4H2. The molecule has 2 bridgehead atoms. The first-order valence-electron chi connectivity index (χ1n) is 6.25. The molecule has 2 fully saturated rings. The molecule has 2 saturated heterocycles. The van der Waals surface area contributed by atoms with Gasteiger partial charge >= 0.3 is 6.18 Å². The van der Waals surface area contributed by atoms with Gasteiger partial charge in [-0.3, -0.25) is 0 Å². The maximum absolute atomic E-state index is 12.9. The topological polar surface area (TPSA) is 52.3 Å². The molecule has 1 aromatic rings. The van der Waals surface area contributed by atoms with Crippen molar-refractivity contribution in [1.29, 1.82) is 5.53 Å². The van der Waals surface area contributed by atoms with Crippen LogP contribution in [-0.4, -0.2) is 17.1 Å². The lowest BCUT2D eigenvalue weighted by Gasteiger charge is -2.24. The molecule has 0 aromatic carbocycles. The average Bonchev–Trinajstić information content (AvgIpc) is 2.96. The van der Waals surface area contributed by atoms with Crippen LogP contribution < -0.4 is 4.90 Å². The fourth-order valence-electron chi connectivity index (χ4n) is 3.17. The third kappa shape index (κ3) is 1.97. The van der Waals surface area contributed by atoms with Gasteiger partial charge in [0.2, 0.25) is 0 Å². The number of nitrogens with one attached hydrogen (secondary N) is 1. The van der Waals surface area contributed by atoms with E-state index in [1.165, 1.54) is 6.07 Å². The highest BCUT2D eigenvalue weighted by molar-refractivity contribution is 5.53. The van der Waals surface area contributed by atoms with Crippen LogP contribution in [0.3, 0.4) is 0 Å². The maximum Gasteiger partial charge on any atom is 0.435 e. The van der Waals surface area contributed by atoms with E-state index in [2.05, 4.69) is 10.1 Å². The van der Waals surface area contributed by atoms with Crippen molar-refractivity contribution in [2.24, 2.45) is 5.11 Å². The van der Waals surface area contributed by atoms with Crippen molar-refractivity contribution in [3.63, 3.8) is 0 Å². The minimum Gasteiger partial charge on any atom is -0.351 e. The van der Waals surface area contributed by atoms with Crippen LogP contribution in [0.1, 0.15) is 31.4 Å². The van der Waals surface area contributed by atoms with Crippen LogP contribution in [0.25, 0.3) is 0 Å². The second kappa shape index (κ2) is 4.18. The van der Waals surface area contributed by atoms with Crippen LogP contribution in [0.15, 0.2) is 17.2 Å². The van der Waals surface area contributed by atoms with Crippen molar-refractivity contribution in [3.8, 4) is 0 Å². The molecule has 1 N–H and O–H groups in total. The van der Waals surface area contributed by atoms with E-state index in [1.54, 1.807) is 6.07 Å². The first-order chi connectivity index (χ1) is 9.00. The largest absolute Gasteiger partial charge is 0.435 e. The van der Waals surface area contributed by atoms with Gasteiger partial charge < -0.3 is 4.90 Å². The Morgan fingerprint density at radius 2 is 1.74 bits per heavy atom. The lowest BCUT2D eigenvalue weighted by molar-refractivity contribution is -0.140. The zero-order valence-corrected chi connectivity index (χ0v) is 10.1. The molecule has 4 nitrogen and oxygen atoms in total. The Bertz CT molecular complexity index is 494. The van der Waals surface area contributed by atoms with Crippen LogP contribution in [0.4, 0.5) is 24.7 Å². The number of nitrogens with zero attached hydrogens (tertiary/aromatic N) is 3. The van der Waals surface area contributed by atoms with Gasteiger partial charge in [0.15, 0.2) is 5.69 Å². The van der Waals surface area contributed by atoms with Crippen LogP contribution in [0, 0.1) is 5.53 Å². The molecule has 0 amide bonds. The molecule has 0 radical (unpaired) electrons. The summed E-state index contributed by atoms with van der Waals surface area (Å²) in [7, 11) is 0. The molecule has 7 heteroatoms. The number of hydrogen-bond donors (Lipinski definition) is 1. The summed E-state index contributed by atoms with van der Waals surface area (Å²) in [5.74, 6) is 0.365. The molecule has 3 heterocycles. The summed E-state index contributed by atoms with van der Waals surface area (Å²) in [6, 6.07) is 3.41. The molecule has 0 aliphatic carbocycles. The Labute approximate surface area is 108 Å². The summed E-state index contributed by atoms with van der Waals surface area (Å²) in [6.45, 7) is 0. The summed E-state index contributed by atoms with van der Waals surface area (Å²) in [4.78, 5) is 5.73. The zero-order valence-electron chi connectivity index (χ0n) is 10.1. The number of fused-ring (bicyclic) bond motifs is 2. The van der Waals surface area contributed by atoms with E-state index in [0.717, 1.165) is 25.7 Å². The van der Waals surface area contributed by atoms with Gasteiger partial charge in [-0.1, -0.05) is 0 Å². The SMILES string of the molecule is N=Nc1ccc(N2C3CCC2CC3)nc1C(F)(F)F. The van der Waals surface area contributed by atoms with Gasteiger partial charge in [-0.25, -0.2) is 10.5 Å². The van der Waals surface area contributed by atoms with E-state index in [-0.39, 0.29) is 0 Å². The second-order valence-electron chi connectivity index (χ2n) is 5.02. The highest BCUT2D eigenvalue weighted by Gasteiger charge is 2.42. The van der Waals surface area contributed by atoms with E-state index in [9.17, 15) is 13.2 Å². The van der Waals surface area contributed by atoms with E-state index in [0.29, 0.717) is 17.9 Å². The van der Waals surface area contributed by atoms with Gasteiger partial charge in [0.05, 0.1) is 0 Å². The van der Waals surface area contributed by atoms with Crippen LogP contribution in [0.2, 0.25) is 0 Å². The van der Waals surface area contributed by atoms with Crippen molar-refractivity contribution < 1.29 is 13.2 Å². The second-order valence-corrected chi connectivity index (χ2v) is 5.02. The molecule has 2 aliphatic heterocycles. The van der Waals surface area contributed by atoms with Crippen molar-refractivity contribution in [1.82, 2.24) is 4.98 Å². The lowest BCUT2D eigenvalue weighted by Crippen LogP contribution is -2.29. The third-order valence-electron chi connectivity index (χ3n) is 3.97. The van der Waals surface area contributed by atoms with E-state index >= 15 is 0 Å². The summed E-state index contributed by atoms with van der Waals surface area (Å²) < 4.78 is 38.7. The quantitative estimate of drug-likeness (QED) is 0.829. The van der Waals surface area contributed by atoms with Gasteiger partial charge in [0.25, 0.3) is 0 Å². The molecule has 1 aromatic heterocycles. The smallest absolute Gasteiger partial charge is 0.351 e. The Balaban J connectivity index is 2.02. The van der Waals surface area contributed by atoms with Crippen molar-refractivity contribution >= 4 is 11.5 Å². The lowest BCUT2D eigenvalue weighted by atomic mass is 10.0. The Morgan fingerprint density at radius 3 is 2.21 bits per heavy atom. The van der Waals surface area contributed by atoms with Crippen LogP contribution >= 0.6 is 0 Å². The fraction of sp³-hybridized carbons (Fsp3) is 0.583. The zero-order chi connectivity index (χ0) is 13.6. The summed E-state index contributed by atoms with van der Waals surface area (Å²) >= 11 is 0. The summed E-state index contributed by atoms with van der Waals surface area (Å²) in [5, 5.41) is 2.91. The number of halogens is 3. The normalized spacial score (nSPS) is 25.9. The molecule has 0 spiro atoms. The van der Waals surface area contributed by atoms with Gasteiger partial charge in [0.1, 0.15) is 11.5 Å². The van der Waals surface area contributed by atoms with Crippen molar-refractivity contribution in [2.45, 2.75) is 43.9 Å². The molecule has 0 unspecified atom stereocenters. The van der Waals surface area contributed by atoms with Crippen LogP contribution in [0.5, 0.6) is 0 Å². The molecule has 2 aliphatic rings. The number of hydrogen-bond acceptors (Lipinski definition) is 4. The first kappa shape index (κ1) is 12.4. The van der Waals surface area contributed by atoms with Gasteiger partial charge in [-0.05, 0) is 37.8 Å². The highest BCUT2D eigenvalue weighted by Crippen LogP contribution is 2.42. The fourth-order valence-corrected chi connectivity index (χ4v) is 3.17. The third-order valence-corrected chi connectivity index (χ3v) is 3.97. The first-order valence-corrected chi connectivity index (χ1v) is 6.25. The summed E-state index contributed by atoms with van der Waals surface area (Å²) in [6.07, 6.45) is -0.470. The van der Waals surface area contributed by atoms with E-state index in [4.69, 9.17) is 5.53 Å². The van der Waals surface area contributed by atoms with Gasteiger partial charge in [0, 0.05) is 12.1 Å². The molecule has 0 saturated carbocycles. The van der Waals surface area contributed by atoms with E-state index < -0.39 is 17.6 Å². The Morgan fingerprint density at radius 1 is 1.16 bits per heavy atom. The monoisotopic (exact) mass is 270 g/mol. The van der Waals surface area contributed by atoms with Crippen molar-refractivity contribution in [2.75, 3.05) is 4.90 Å². The summed E-state index contributed by atoms with van der Waals surface area (Å²) in [5.41, 5.74) is 5.32. The Hall–Kier alpha value is -1.66. The predicted molar refractivity (Wildman–Crippen MR) is 62.6 cm³/mol. The number of pyridine rings is 1. The molecule has 19 heavy (non-hydrogen) atoms. The number of anilines is 1. The number of aromatic nitrogens is 1. The van der Waals surface area contributed by atoms with Crippen molar-refractivity contribution in [3.05, 3.63) is 17.8 Å². The minimum absolute atomic E-state index is 0.317. The van der Waals surface area contributed by atoms with Gasteiger partial charge in [-0.2, -0.15) is 18.3 Å². The number of rotatable bonds is 2. The number of alkyl halides is 3. The highest BCUT2D eigenvalue weighted by atomic mass is 19.4. The molecule has 3 rings (SSSR count). The Kier molecular flexibility index (Phi) is 2.72. The van der Waals surface area contributed by atoms with Crippen LogP contribution in [-0.2, 0) is 6.18 Å². The maximum atomic E-state index is 12.9. The molecular formula is C12H13F3N4. The molecular weight excluding hydrogens is 257 g/mol. The van der Waals surface area contributed by atoms with E-state index in [1.807, 2.05) is 4.90 Å². The average molecular weight is 270 g/mol. The molecule has 0 atom stereocenters. The minimum atomic E-state index is -4.57. The molecule has 102 valence electrons. The van der Waals surface area contributed by atoms with Gasteiger partial charge in [-0.15, -0.1) is 0 Å².